The summed E-state index contributed by atoms with van der Waals surface area (Å²) < 4.78 is 9.94. The van der Waals surface area contributed by atoms with Gasteiger partial charge in [-0.2, -0.15) is 5.26 Å². The van der Waals surface area contributed by atoms with Gasteiger partial charge in [0.2, 0.25) is 0 Å². The number of hydrogen-bond acceptors (Lipinski definition) is 5. The van der Waals surface area contributed by atoms with E-state index in [1.807, 2.05) is 19.1 Å². The number of carbonyl (C=O) groups excluding carboxylic acids is 1. The zero-order chi connectivity index (χ0) is 14.8. The van der Waals surface area contributed by atoms with Crippen LogP contribution in [-0.2, 0) is 14.3 Å². The van der Waals surface area contributed by atoms with Crippen LogP contribution in [0.15, 0.2) is 24.3 Å². The number of hydrogen-bond donors (Lipinski definition) is 1. The Kier molecular flexibility index (Phi) is 7.33. The van der Waals surface area contributed by atoms with Gasteiger partial charge in [0.05, 0.1) is 24.8 Å². The Morgan fingerprint density at radius 1 is 1.40 bits per heavy atom. The summed E-state index contributed by atoms with van der Waals surface area (Å²) in [7, 11) is 0. The first-order chi connectivity index (χ1) is 9.67. The standard InChI is InChI=1S/C15H20N2O3/c1-3-20-15(18)11-19-9-8-17-12(2)14-6-4-13(10-16)5-7-14/h4-7,12,17H,3,8-9,11H2,1-2H3. The molecule has 1 unspecified atom stereocenters. The summed E-state index contributed by atoms with van der Waals surface area (Å²) in [6, 6.07) is 9.70. The molecule has 1 atom stereocenters. The van der Waals surface area contributed by atoms with E-state index in [0.717, 1.165) is 5.56 Å². The van der Waals surface area contributed by atoms with Crippen molar-refractivity contribution < 1.29 is 14.3 Å². The zero-order valence-electron chi connectivity index (χ0n) is 11.9. The molecule has 0 saturated heterocycles. The fourth-order valence-corrected chi connectivity index (χ4v) is 1.67. The molecule has 0 spiro atoms. The number of nitrogens with zero attached hydrogens (tertiary/aromatic N) is 1. The second-order valence-corrected chi connectivity index (χ2v) is 4.27. The van der Waals surface area contributed by atoms with Crippen molar-refractivity contribution >= 4 is 5.97 Å². The third-order valence-corrected chi connectivity index (χ3v) is 2.76. The summed E-state index contributed by atoms with van der Waals surface area (Å²) >= 11 is 0. The van der Waals surface area contributed by atoms with Gasteiger partial charge in [-0.1, -0.05) is 12.1 Å². The maximum atomic E-state index is 11.0. The third-order valence-electron chi connectivity index (χ3n) is 2.76. The van der Waals surface area contributed by atoms with Crippen molar-refractivity contribution in [2.45, 2.75) is 19.9 Å². The predicted octanol–water partition coefficient (Wildman–Crippen LogP) is 1.79. The normalized spacial score (nSPS) is 11.7. The monoisotopic (exact) mass is 276 g/mol. The van der Waals surface area contributed by atoms with E-state index in [2.05, 4.69) is 11.4 Å². The number of rotatable bonds is 8. The quantitative estimate of drug-likeness (QED) is 0.579. The van der Waals surface area contributed by atoms with Gasteiger partial charge in [0.1, 0.15) is 6.61 Å². The number of ether oxygens (including phenoxy) is 2. The SMILES string of the molecule is CCOC(=O)COCCNC(C)c1ccc(C#N)cc1. The summed E-state index contributed by atoms with van der Waals surface area (Å²) in [5, 5.41) is 12.0. The number of nitriles is 1. The van der Waals surface area contributed by atoms with E-state index < -0.39 is 0 Å². The van der Waals surface area contributed by atoms with Gasteiger partial charge >= 0.3 is 5.97 Å². The van der Waals surface area contributed by atoms with Gasteiger partial charge in [0, 0.05) is 12.6 Å². The average molecular weight is 276 g/mol. The lowest BCUT2D eigenvalue weighted by molar-refractivity contribution is -0.148. The summed E-state index contributed by atoms with van der Waals surface area (Å²) in [5.41, 5.74) is 1.76. The number of benzene rings is 1. The molecule has 0 heterocycles. The molecule has 1 aromatic carbocycles. The molecule has 1 N–H and O–H groups in total. The lowest BCUT2D eigenvalue weighted by atomic mass is 10.1. The third kappa shape index (κ3) is 5.83. The molecule has 0 amide bonds. The van der Waals surface area contributed by atoms with Crippen molar-refractivity contribution in [1.29, 1.82) is 5.26 Å². The van der Waals surface area contributed by atoms with E-state index in [1.54, 1.807) is 19.1 Å². The largest absolute Gasteiger partial charge is 0.464 e. The molecule has 1 aromatic rings. The van der Waals surface area contributed by atoms with Gasteiger partial charge in [0.25, 0.3) is 0 Å². The second kappa shape index (κ2) is 9.08. The van der Waals surface area contributed by atoms with Gasteiger partial charge in [-0.3, -0.25) is 0 Å². The minimum absolute atomic E-state index is 0.0131. The maximum Gasteiger partial charge on any atom is 0.332 e. The van der Waals surface area contributed by atoms with Crippen molar-refractivity contribution in [3.05, 3.63) is 35.4 Å². The highest BCUT2D eigenvalue weighted by molar-refractivity contribution is 5.70. The van der Waals surface area contributed by atoms with Crippen LogP contribution in [-0.4, -0.2) is 32.3 Å². The predicted molar refractivity (Wildman–Crippen MR) is 75.0 cm³/mol. The summed E-state index contributed by atoms with van der Waals surface area (Å²) in [4.78, 5) is 11.0. The fraction of sp³-hybridized carbons (Fsp3) is 0.467. The van der Waals surface area contributed by atoms with Crippen LogP contribution in [0.3, 0.4) is 0 Å². The second-order valence-electron chi connectivity index (χ2n) is 4.27. The molecule has 0 aliphatic carbocycles. The molecule has 0 aliphatic heterocycles. The highest BCUT2D eigenvalue weighted by Crippen LogP contribution is 2.12. The van der Waals surface area contributed by atoms with Crippen molar-refractivity contribution in [2.75, 3.05) is 26.4 Å². The molecular formula is C15H20N2O3. The maximum absolute atomic E-state index is 11.0. The Morgan fingerprint density at radius 2 is 2.10 bits per heavy atom. The van der Waals surface area contributed by atoms with Gasteiger partial charge in [-0.25, -0.2) is 4.79 Å². The summed E-state index contributed by atoms with van der Waals surface area (Å²) in [5.74, 6) is -0.340. The topological polar surface area (TPSA) is 71.3 Å². The number of carbonyl (C=O) groups is 1. The smallest absolute Gasteiger partial charge is 0.332 e. The molecule has 0 aromatic heterocycles. The molecule has 1 rings (SSSR count). The van der Waals surface area contributed by atoms with Crippen LogP contribution in [0, 0.1) is 11.3 Å². The lowest BCUT2D eigenvalue weighted by Gasteiger charge is -2.14. The van der Waals surface area contributed by atoms with E-state index in [9.17, 15) is 4.79 Å². The Morgan fingerprint density at radius 3 is 2.70 bits per heavy atom. The molecule has 0 aliphatic rings. The van der Waals surface area contributed by atoms with Crippen LogP contribution in [0.2, 0.25) is 0 Å². The molecule has 108 valence electrons. The van der Waals surface area contributed by atoms with Gasteiger partial charge in [-0.05, 0) is 31.5 Å². The average Bonchev–Trinajstić information content (AvgIpc) is 2.47. The van der Waals surface area contributed by atoms with Crippen LogP contribution in [0.5, 0.6) is 0 Å². The van der Waals surface area contributed by atoms with Crippen LogP contribution in [0.4, 0.5) is 0 Å². The lowest BCUT2D eigenvalue weighted by Crippen LogP contribution is -2.24. The van der Waals surface area contributed by atoms with Crippen LogP contribution in [0.25, 0.3) is 0 Å². The summed E-state index contributed by atoms with van der Waals surface area (Å²) in [6.45, 7) is 5.24. The number of esters is 1. The van der Waals surface area contributed by atoms with Crippen LogP contribution in [0.1, 0.15) is 31.0 Å². The minimum atomic E-state index is -0.340. The van der Waals surface area contributed by atoms with Crippen LogP contribution < -0.4 is 5.32 Å². The molecule has 0 saturated carbocycles. The molecule has 5 heteroatoms. The van der Waals surface area contributed by atoms with Crippen molar-refractivity contribution in [3.63, 3.8) is 0 Å². The van der Waals surface area contributed by atoms with Crippen molar-refractivity contribution in [2.24, 2.45) is 0 Å². The Labute approximate surface area is 119 Å². The highest BCUT2D eigenvalue weighted by Gasteiger charge is 2.05. The van der Waals surface area contributed by atoms with E-state index in [0.29, 0.717) is 25.3 Å². The molecule has 0 fully saturated rings. The molecule has 20 heavy (non-hydrogen) atoms. The molecule has 0 radical (unpaired) electrons. The van der Waals surface area contributed by atoms with Crippen molar-refractivity contribution in [1.82, 2.24) is 5.32 Å². The van der Waals surface area contributed by atoms with Gasteiger partial charge < -0.3 is 14.8 Å². The molecular weight excluding hydrogens is 256 g/mol. The first-order valence-corrected chi connectivity index (χ1v) is 6.64. The highest BCUT2D eigenvalue weighted by atomic mass is 16.6. The van der Waals surface area contributed by atoms with E-state index in [-0.39, 0.29) is 18.6 Å². The van der Waals surface area contributed by atoms with Crippen LogP contribution >= 0.6 is 0 Å². The zero-order valence-corrected chi connectivity index (χ0v) is 11.9. The van der Waals surface area contributed by atoms with E-state index in [4.69, 9.17) is 14.7 Å². The first kappa shape index (κ1) is 16.2. The minimum Gasteiger partial charge on any atom is -0.464 e. The Bertz CT molecular complexity index is 451. The molecule has 5 nitrogen and oxygen atoms in total. The Hall–Kier alpha value is -1.90. The van der Waals surface area contributed by atoms with Gasteiger partial charge in [0.15, 0.2) is 0 Å². The first-order valence-electron chi connectivity index (χ1n) is 6.64. The van der Waals surface area contributed by atoms with Gasteiger partial charge in [-0.15, -0.1) is 0 Å². The Balaban J connectivity index is 2.21. The van der Waals surface area contributed by atoms with E-state index in [1.165, 1.54) is 0 Å². The van der Waals surface area contributed by atoms with E-state index >= 15 is 0 Å². The fourth-order valence-electron chi connectivity index (χ4n) is 1.67. The summed E-state index contributed by atoms with van der Waals surface area (Å²) in [6.07, 6.45) is 0. The number of nitrogens with one attached hydrogen (secondary N) is 1. The molecule has 0 bridgehead atoms. The van der Waals surface area contributed by atoms with Crippen molar-refractivity contribution in [3.8, 4) is 6.07 Å².